The first-order valence-corrected chi connectivity index (χ1v) is 8.59. The topological polar surface area (TPSA) is 112 Å². The lowest BCUT2D eigenvalue weighted by Crippen LogP contribution is -2.28. The van der Waals surface area contributed by atoms with E-state index in [4.69, 9.17) is 9.26 Å². The van der Waals surface area contributed by atoms with E-state index in [9.17, 15) is 22.8 Å². The number of nitrogens with one attached hydrogen (secondary N) is 1. The number of carbonyl (C=O) groups excluding carboxylic acids is 2. The Balaban J connectivity index is 1.74. The largest absolute Gasteiger partial charge is 0.435 e. The van der Waals surface area contributed by atoms with Crippen LogP contribution in [0.4, 0.5) is 13.2 Å². The average Bonchev–Trinajstić information content (AvgIpc) is 3.28. The summed E-state index contributed by atoms with van der Waals surface area (Å²) >= 11 is 0. The quantitative estimate of drug-likeness (QED) is 0.496. The first-order valence-electron chi connectivity index (χ1n) is 8.59. The molecule has 0 aliphatic heterocycles. The van der Waals surface area contributed by atoms with E-state index >= 15 is 0 Å². The molecule has 3 rings (SSSR count). The van der Waals surface area contributed by atoms with Crippen LogP contribution >= 0.6 is 0 Å². The summed E-state index contributed by atoms with van der Waals surface area (Å²) < 4.78 is 49.3. The fourth-order valence-corrected chi connectivity index (χ4v) is 2.54. The molecule has 158 valence electrons. The third-order valence-corrected chi connectivity index (χ3v) is 3.92. The number of alkyl halides is 3. The first-order chi connectivity index (χ1) is 14.0. The lowest BCUT2D eigenvalue weighted by molar-refractivity contribution is -0.141. The molecular formula is C18H16F3N5O4. The number of ether oxygens (including phenoxy) is 1. The zero-order valence-electron chi connectivity index (χ0n) is 16.0. The average molecular weight is 423 g/mol. The van der Waals surface area contributed by atoms with E-state index in [1.54, 1.807) is 18.2 Å². The zero-order chi connectivity index (χ0) is 22.1. The number of nitrogens with zero attached hydrogens (tertiary/aromatic N) is 4. The highest BCUT2D eigenvalue weighted by molar-refractivity contribution is 5.92. The smallest absolute Gasteiger partial charge is 0.427 e. The number of aryl methyl sites for hydroxylation is 1. The monoisotopic (exact) mass is 423 g/mol. The van der Waals surface area contributed by atoms with Crippen LogP contribution in [-0.4, -0.2) is 31.8 Å². The van der Waals surface area contributed by atoms with Crippen LogP contribution in [0.5, 0.6) is 5.75 Å². The highest BCUT2D eigenvalue weighted by Gasteiger charge is 2.35. The molecule has 9 nitrogen and oxygen atoms in total. The Labute approximate surface area is 167 Å². The first kappa shape index (κ1) is 21.0. The maximum atomic E-state index is 12.8. The summed E-state index contributed by atoms with van der Waals surface area (Å²) in [6.45, 7) is 2.80. The van der Waals surface area contributed by atoms with Gasteiger partial charge in [-0.05, 0) is 19.1 Å². The minimum absolute atomic E-state index is 0.0365. The van der Waals surface area contributed by atoms with Gasteiger partial charge < -0.3 is 14.6 Å². The Bertz CT molecular complexity index is 1090. The van der Waals surface area contributed by atoms with Crippen molar-refractivity contribution in [1.82, 2.24) is 25.2 Å². The Morgan fingerprint density at radius 1 is 1.27 bits per heavy atom. The highest BCUT2D eigenvalue weighted by atomic mass is 19.4. The molecule has 1 amide bonds. The molecule has 0 radical (unpaired) electrons. The molecule has 0 aliphatic carbocycles. The summed E-state index contributed by atoms with van der Waals surface area (Å²) in [5.41, 5.74) is -0.942. The maximum absolute atomic E-state index is 12.8. The molecule has 0 spiro atoms. The van der Waals surface area contributed by atoms with Crippen LogP contribution in [0, 0.1) is 0 Å². The fraction of sp³-hybridized carbons (Fsp3) is 0.278. The van der Waals surface area contributed by atoms with Gasteiger partial charge in [0.05, 0.1) is 0 Å². The van der Waals surface area contributed by atoms with Gasteiger partial charge in [-0.3, -0.25) is 14.3 Å². The fourth-order valence-electron chi connectivity index (χ4n) is 2.54. The van der Waals surface area contributed by atoms with Crippen LogP contribution in [0.25, 0.3) is 11.4 Å². The van der Waals surface area contributed by atoms with Crippen molar-refractivity contribution in [2.24, 2.45) is 7.05 Å². The molecule has 0 aliphatic rings. The van der Waals surface area contributed by atoms with E-state index in [0.717, 1.165) is 4.68 Å². The van der Waals surface area contributed by atoms with Crippen LogP contribution in [0.2, 0.25) is 0 Å². The molecule has 3 aromatic rings. The predicted octanol–water partition coefficient (Wildman–Crippen LogP) is 2.91. The van der Waals surface area contributed by atoms with E-state index < -0.39 is 29.8 Å². The van der Waals surface area contributed by atoms with Crippen molar-refractivity contribution < 1.29 is 32.0 Å². The summed E-state index contributed by atoms with van der Waals surface area (Å²) in [7, 11) is 1.23. The highest BCUT2D eigenvalue weighted by Crippen LogP contribution is 2.28. The number of aromatic nitrogens is 4. The lowest BCUT2D eigenvalue weighted by Gasteiger charge is -2.09. The maximum Gasteiger partial charge on any atom is 0.435 e. The van der Waals surface area contributed by atoms with E-state index in [2.05, 4.69) is 20.6 Å². The third-order valence-electron chi connectivity index (χ3n) is 3.92. The summed E-state index contributed by atoms with van der Waals surface area (Å²) in [4.78, 5) is 27.6. The standard InChI is InChI=1S/C18H16F3N5O4/c1-9(22-16(28)13-8-14(18(19,20)21)24-26(13)3)17-23-15(25-30-17)11-5-4-6-12(7-11)29-10(2)27/h4-9H,1-3H3,(H,22,28). The number of halogens is 3. The molecule has 0 bridgehead atoms. The van der Waals surface area contributed by atoms with Crippen molar-refractivity contribution in [1.29, 1.82) is 0 Å². The SMILES string of the molecule is CC(=O)Oc1cccc(-c2noc(C(C)NC(=O)c3cc(C(F)(F)F)nn3C)n2)c1. The van der Waals surface area contributed by atoms with E-state index in [1.165, 1.54) is 27.0 Å². The summed E-state index contributed by atoms with van der Waals surface area (Å²) in [6.07, 6.45) is -4.66. The summed E-state index contributed by atoms with van der Waals surface area (Å²) in [5, 5.41) is 9.60. The number of carbonyl (C=O) groups is 2. The van der Waals surface area contributed by atoms with Gasteiger partial charge in [0, 0.05) is 25.6 Å². The van der Waals surface area contributed by atoms with Crippen LogP contribution in [0.1, 0.15) is 42.0 Å². The van der Waals surface area contributed by atoms with Crippen molar-refractivity contribution in [2.75, 3.05) is 0 Å². The van der Waals surface area contributed by atoms with E-state index in [1.807, 2.05) is 0 Å². The normalized spacial score (nSPS) is 12.5. The van der Waals surface area contributed by atoms with Crippen LogP contribution in [0.3, 0.4) is 0 Å². The number of benzene rings is 1. The Kier molecular flexibility index (Phi) is 5.58. The number of rotatable bonds is 5. The number of amides is 1. The summed E-state index contributed by atoms with van der Waals surface area (Å²) in [6, 6.07) is 6.28. The second-order valence-corrected chi connectivity index (χ2v) is 6.31. The molecule has 30 heavy (non-hydrogen) atoms. The van der Waals surface area contributed by atoms with Crippen molar-refractivity contribution in [2.45, 2.75) is 26.1 Å². The molecule has 1 aromatic carbocycles. The van der Waals surface area contributed by atoms with Gasteiger partial charge in [-0.2, -0.15) is 23.3 Å². The number of hydrogen-bond acceptors (Lipinski definition) is 7. The molecule has 1 N–H and O–H groups in total. The summed E-state index contributed by atoms with van der Waals surface area (Å²) in [5.74, 6) is -0.760. The molecule has 0 fully saturated rings. The van der Waals surface area contributed by atoms with Gasteiger partial charge in [0.1, 0.15) is 17.5 Å². The Morgan fingerprint density at radius 2 is 2.00 bits per heavy atom. The van der Waals surface area contributed by atoms with Crippen molar-refractivity contribution in [3.05, 3.63) is 47.6 Å². The van der Waals surface area contributed by atoms with Gasteiger partial charge in [0.2, 0.25) is 11.7 Å². The van der Waals surface area contributed by atoms with Gasteiger partial charge >= 0.3 is 12.1 Å². The van der Waals surface area contributed by atoms with Crippen LogP contribution in [0.15, 0.2) is 34.9 Å². The second kappa shape index (κ2) is 7.97. The van der Waals surface area contributed by atoms with E-state index in [0.29, 0.717) is 17.4 Å². The van der Waals surface area contributed by atoms with Gasteiger partial charge in [-0.25, -0.2) is 0 Å². The predicted molar refractivity (Wildman–Crippen MR) is 95.1 cm³/mol. The Hall–Kier alpha value is -3.70. The van der Waals surface area contributed by atoms with Crippen molar-refractivity contribution >= 4 is 11.9 Å². The molecule has 0 saturated carbocycles. The molecule has 0 saturated heterocycles. The van der Waals surface area contributed by atoms with Crippen LogP contribution < -0.4 is 10.1 Å². The molecule has 1 unspecified atom stereocenters. The molecule has 2 aromatic heterocycles. The molecular weight excluding hydrogens is 407 g/mol. The van der Waals surface area contributed by atoms with Gasteiger partial charge in [-0.15, -0.1) is 0 Å². The number of esters is 1. The van der Waals surface area contributed by atoms with E-state index in [-0.39, 0.29) is 17.4 Å². The molecule has 2 heterocycles. The lowest BCUT2D eigenvalue weighted by atomic mass is 10.2. The van der Waals surface area contributed by atoms with Crippen LogP contribution in [-0.2, 0) is 18.0 Å². The zero-order valence-corrected chi connectivity index (χ0v) is 16.0. The van der Waals surface area contributed by atoms with Gasteiger partial charge in [0.15, 0.2) is 5.69 Å². The van der Waals surface area contributed by atoms with Gasteiger partial charge in [0.25, 0.3) is 5.91 Å². The van der Waals surface area contributed by atoms with Crippen molar-refractivity contribution in [3.63, 3.8) is 0 Å². The van der Waals surface area contributed by atoms with Crippen molar-refractivity contribution in [3.8, 4) is 17.1 Å². The molecule has 1 atom stereocenters. The minimum Gasteiger partial charge on any atom is -0.427 e. The number of hydrogen-bond donors (Lipinski definition) is 1. The third kappa shape index (κ3) is 4.64. The Morgan fingerprint density at radius 3 is 2.63 bits per heavy atom. The van der Waals surface area contributed by atoms with Gasteiger partial charge in [-0.1, -0.05) is 17.3 Å². The second-order valence-electron chi connectivity index (χ2n) is 6.31. The minimum atomic E-state index is -4.66. The molecule has 12 heteroatoms.